The molecule has 2 rings (SSSR count). The molecule has 0 saturated carbocycles. The van der Waals surface area contributed by atoms with Crippen LogP contribution in [0, 0.1) is 11.8 Å². The van der Waals surface area contributed by atoms with Crippen LogP contribution in [0.1, 0.15) is 79.7 Å². The van der Waals surface area contributed by atoms with Crippen LogP contribution in [0.5, 0.6) is 0 Å². The molecule has 1 heterocycles. The summed E-state index contributed by atoms with van der Waals surface area (Å²) in [5, 5.41) is 11.0. The largest absolute Gasteiger partial charge is 0.445 e. The van der Waals surface area contributed by atoms with Gasteiger partial charge in [0, 0.05) is 24.6 Å². The molecule has 0 bridgehead atoms. The van der Waals surface area contributed by atoms with Gasteiger partial charge in [0.05, 0.1) is 11.7 Å². The molecule has 11 heteroatoms. The monoisotopic (exact) mass is 600 g/mol. The molecule has 0 radical (unpaired) electrons. The molecule has 1 aliphatic rings. The third-order valence-electron chi connectivity index (χ3n) is 6.67. The first kappa shape index (κ1) is 35.5. The lowest BCUT2D eigenvalue weighted by Gasteiger charge is -2.31. The summed E-state index contributed by atoms with van der Waals surface area (Å²) in [4.78, 5) is 63.8. The fraction of sp³-hybridized carbons (Fsp3) is 0.594. The lowest BCUT2D eigenvalue weighted by molar-refractivity contribution is -0.135. The van der Waals surface area contributed by atoms with Crippen LogP contribution < -0.4 is 21.3 Å². The Bertz CT molecular complexity index is 1140. The summed E-state index contributed by atoms with van der Waals surface area (Å²) >= 11 is 0. The molecule has 1 aromatic carbocycles. The summed E-state index contributed by atoms with van der Waals surface area (Å²) < 4.78 is 11.3. The first-order chi connectivity index (χ1) is 20.1. The fourth-order valence-electron chi connectivity index (χ4n) is 4.68. The Morgan fingerprint density at radius 1 is 1.05 bits per heavy atom. The van der Waals surface area contributed by atoms with Crippen LogP contribution >= 0.6 is 0 Å². The van der Waals surface area contributed by atoms with Crippen LogP contribution in [0.4, 0.5) is 4.79 Å². The summed E-state index contributed by atoms with van der Waals surface area (Å²) in [7, 11) is 0. The molecule has 1 saturated heterocycles. The molecule has 4 N–H and O–H groups in total. The number of alkyl carbamates (subject to hydrolysis) is 1. The minimum Gasteiger partial charge on any atom is -0.445 e. The van der Waals surface area contributed by atoms with E-state index in [4.69, 9.17) is 9.47 Å². The summed E-state index contributed by atoms with van der Waals surface area (Å²) in [6, 6.07) is 7.01. The van der Waals surface area contributed by atoms with Crippen molar-refractivity contribution >= 4 is 29.6 Å². The second-order valence-corrected chi connectivity index (χ2v) is 12.4. The number of Topliss-reactive ketones (excluding diaryl/α,β-unsaturated/α-hetero) is 1. The lowest BCUT2D eigenvalue weighted by atomic mass is 9.99. The molecule has 4 atom stereocenters. The molecular formula is C32H48N4O7. The Kier molecular flexibility index (Phi) is 13.8. The average molecular weight is 601 g/mol. The fourth-order valence-corrected chi connectivity index (χ4v) is 4.68. The Labute approximate surface area is 254 Å². The SMILES string of the molecule is CC(=O)CC=C(C[C@@H]1CCNC1=O)NC(=O)[C@H](CC(C)C)NC(=O)[C@@H](NC(=O)OCc1ccccc1)C(C)OC(C)(C)C. The molecule has 0 spiro atoms. The highest BCUT2D eigenvalue weighted by molar-refractivity contribution is 5.92. The highest BCUT2D eigenvalue weighted by Crippen LogP contribution is 2.19. The number of carbonyl (C=O) groups excluding carboxylic acids is 5. The van der Waals surface area contributed by atoms with Crippen LogP contribution in [-0.2, 0) is 35.3 Å². The second-order valence-electron chi connectivity index (χ2n) is 12.4. The number of ketones is 1. The van der Waals surface area contributed by atoms with Gasteiger partial charge >= 0.3 is 6.09 Å². The highest BCUT2D eigenvalue weighted by atomic mass is 16.6. The quantitative estimate of drug-likeness (QED) is 0.240. The topological polar surface area (TPSA) is 152 Å². The van der Waals surface area contributed by atoms with Crippen LogP contribution in [0.2, 0.25) is 0 Å². The van der Waals surface area contributed by atoms with Crippen LogP contribution in [0.15, 0.2) is 42.1 Å². The van der Waals surface area contributed by atoms with E-state index < -0.39 is 41.7 Å². The third-order valence-corrected chi connectivity index (χ3v) is 6.67. The summed E-state index contributed by atoms with van der Waals surface area (Å²) in [6.45, 7) is 13.0. The van der Waals surface area contributed by atoms with E-state index in [0.29, 0.717) is 25.1 Å². The van der Waals surface area contributed by atoms with Gasteiger partial charge < -0.3 is 30.7 Å². The first-order valence-corrected chi connectivity index (χ1v) is 14.9. The van der Waals surface area contributed by atoms with Gasteiger partial charge in [-0.2, -0.15) is 0 Å². The van der Waals surface area contributed by atoms with Crippen molar-refractivity contribution in [2.24, 2.45) is 11.8 Å². The van der Waals surface area contributed by atoms with E-state index >= 15 is 0 Å². The molecule has 1 aromatic rings. The molecule has 11 nitrogen and oxygen atoms in total. The van der Waals surface area contributed by atoms with Gasteiger partial charge in [0.2, 0.25) is 17.7 Å². The standard InChI is InChI=1S/C32H48N4O7/c1-20(2)17-26(29(39)34-25(14-13-21(3)37)18-24-15-16-33-28(24)38)35-30(40)27(22(4)43-32(5,6)7)36-31(41)42-19-23-11-9-8-10-12-23/h8-12,14,20,22,24,26-27H,13,15-19H2,1-7H3,(H,33,38)(H,34,39)(H,35,40)(H,36,41)/t22?,24-,26-,27-/m0/s1. The minimum absolute atomic E-state index is 0.0162. The van der Waals surface area contributed by atoms with Crippen molar-refractivity contribution < 1.29 is 33.4 Å². The van der Waals surface area contributed by atoms with E-state index in [1.165, 1.54) is 6.92 Å². The number of hydrogen-bond donors (Lipinski definition) is 4. The summed E-state index contributed by atoms with van der Waals surface area (Å²) in [6.07, 6.45) is 1.34. The van der Waals surface area contributed by atoms with Crippen molar-refractivity contribution in [1.29, 1.82) is 0 Å². The number of nitrogens with one attached hydrogen (secondary N) is 4. The maximum Gasteiger partial charge on any atom is 0.408 e. The van der Waals surface area contributed by atoms with Crippen molar-refractivity contribution in [3.8, 4) is 0 Å². The molecular weight excluding hydrogens is 552 g/mol. The number of carbonyl (C=O) groups is 5. The number of benzene rings is 1. The van der Waals surface area contributed by atoms with Gasteiger partial charge in [-0.25, -0.2) is 4.79 Å². The first-order valence-electron chi connectivity index (χ1n) is 14.9. The molecule has 1 aliphatic heterocycles. The molecule has 0 aliphatic carbocycles. The minimum atomic E-state index is -1.17. The van der Waals surface area contributed by atoms with Gasteiger partial charge in [-0.15, -0.1) is 0 Å². The van der Waals surface area contributed by atoms with E-state index in [2.05, 4.69) is 21.3 Å². The van der Waals surface area contributed by atoms with E-state index in [9.17, 15) is 24.0 Å². The third kappa shape index (κ3) is 13.4. The van der Waals surface area contributed by atoms with Gasteiger partial charge in [0.1, 0.15) is 24.5 Å². The van der Waals surface area contributed by atoms with Gasteiger partial charge in [0.15, 0.2) is 0 Å². The molecule has 43 heavy (non-hydrogen) atoms. The van der Waals surface area contributed by atoms with Gasteiger partial charge in [-0.1, -0.05) is 50.3 Å². The maximum atomic E-state index is 13.6. The Morgan fingerprint density at radius 2 is 1.72 bits per heavy atom. The van der Waals surface area contributed by atoms with E-state index in [1.54, 1.807) is 13.0 Å². The van der Waals surface area contributed by atoms with E-state index in [0.717, 1.165) is 5.56 Å². The second kappa shape index (κ2) is 16.8. The molecule has 238 valence electrons. The van der Waals surface area contributed by atoms with E-state index in [-0.39, 0.29) is 43.0 Å². The molecule has 1 unspecified atom stereocenters. The number of ether oxygens (including phenoxy) is 2. The van der Waals surface area contributed by atoms with E-state index in [1.807, 2.05) is 65.0 Å². The predicted molar refractivity (Wildman–Crippen MR) is 162 cm³/mol. The Hall–Kier alpha value is -3.73. The molecule has 4 amide bonds. The number of rotatable bonds is 15. The molecule has 0 aromatic heterocycles. The molecule has 1 fully saturated rings. The number of amides is 4. The zero-order chi connectivity index (χ0) is 32.2. The zero-order valence-electron chi connectivity index (χ0n) is 26.5. The summed E-state index contributed by atoms with van der Waals surface area (Å²) in [5.41, 5.74) is 0.620. The van der Waals surface area contributed by atoms with Crippen molar-refractivity contribution in [1.82, 2.24) is 21.3 Å². The number of hydrogen-bond acceptors (Lipinski definition) is 7. The van der Waals surface area contributed by atoms with Gasteiger partial charge in [-0.3, -0.25) is 19.2 Å². The number of allylic oxidation sites excluding steroid dienone is 2. The lowest BCUT2D eigenvalue weighted by Crippen LogP contribution is -2.58. The van der Waals surface area contributed by atoms with Crippen molar-refractivity contribution in [2.75, 3.05) is 6.54 Å². The zero-order valence-corrected chi connectivity index (χ0v) is 26.5. The van der Waals surface area contributed by atoms with Crippen molar-refractivity contribution in [2.45, 2.75) is 105 Å². The maximum absolute atomic E-state index is 13.6. The summed E-state index contributed by atoms with van der Waals surface area (Å²) in [5.74, 6) is -1.57. The van der Waals surface area contributed by atoms with Crippen molar-refractivity contribution in [3.63, 3.8) is 0 Å². The smallest absolute Gasteiger partial charge is 0.408 e. The van der Waals surface area contributed by atoms with Gasteiger partial charge in [-0.05, 0) is 65.4 Å². The van der Waals surface area contributed by atoms with Crippen LogP contribution in [0.25, 0.3) is 0 Å². The highest BCUT2D eigenvalue weighted by Gasteiger charge is 2.34. The average Bonchev–Trinajstić information content (AvgIpc) is 3.31. The predicted octanol–water partition coefficient (Wildman–Crippen LogP) is 3.52. The Morgan fingerprint density at radius 3 is 2.28 bits per heavy atom. The Balaban J connectivity index is 2.21. The normalized spacial score (nSPS) is 17.4. The van der Waals surface area contributed by atoms with Crippen LogP contribution in [0.3, 0.4) is 0 Å². The van der Waals surface area contributed by atoms with Gasteiger partial charge in [0.25, 0.3) is 0 Å². The van der Waals surface area contributed by atoms with Crippen molar-refractivity contribution in [3.05, 3.63) is 47.7 Å². The van der Waals surface area contributed by atoms with Crippen LogP contribution in [-0.4, -0.2) is 59.9 Å².